The summed E-state index contributed by atoms with van der Waals surface area (Å²) < 4.78 is 10.6. The first kappa shape index (κ1) is 17.3. The fourth-order valence-electron chi connectivity index (χ4n) is 3.47. The molecule has 0 spiro atoms. The fraction of sp³-hybridized carbons (Fsp3) is 0.238. The van der Waals surface area contributed by atoms with Crippen LogP contribution in [0.2, 0.25) is 0 Å². The Morgan fingerprint density at radius 1 is 1.15 bits per heavy atom. The molecule has 0 N–H and O–H groups in total. The number of nitrogens with zero attached hydrogens (tertiary/aromatic N) is 1. The van der Waals surface area contributed by atoms with Gasteiger partial charge in [-0.25, -0.2) is 9.86 Å². The highest BCUT2D eigenvalue weighted by Crippen LogP contribution is 2.43. The second-order valence-corrected chi connectivity index (χ2v) is 6.71. The Balaban J connectivity index is 1.85. The van der Waals surface area contributed by atoms with Crippen LogP contribution in [-0.2, 0) is 14.4 Å². The predicted molar refractivity (Wildman–Crippen MR) is 100 cm³/mol. The number of para-hydroxylation sites is 2. The molecule has 0 aliphatic carbocycles. The van der Waals surface area contributed by atoms with Crippen LogP contribution in [0.15, 0.2) is 70.1 Å². The minimum Gasteiger partial charge on any atom is -0.467 e. The van der Waals surface area contributed by atoms with Gasteiger partial charge in [-0.05, 0) is 31.2 Å². The van der Waals surface area contributed by atoms with Gasteiger partial charge in [0.15, 0.2) is 11.0 Å². The molecule has 2 atom stereocenters. The highest BCUT2D eigenvalue weighted by molar-refractivity contribution is 5.80. The van der Waals surface area contributed by atoms with Crippen LogP contribution in [0.4, 0.5) is 5.69 Å². The standard InChI is InChI=1S/C21H19NO5/c1-21(20(24)25-2)12-17(22(27-21)14-8-4-3-5-9-14)16-13-26-18-11-7-6-10-15(18)19(16)23/h3-11,13,17H,12H2,1-2H3/t17-,21-/m0/s1. The average molecular weight is 365 g/mol. The maximum Gasteiger partial charge on any atom is 0.340 e. The number of anilines is 1. The van der Waals surface area contributed by atoms with Gasteiger partial charge in [-0.1, -0.05) is 30.3 Å². The first-order valence-electron chi connectivity index (χ1n) is 8.66. The van der Waals surface area contributed by atoms with E-state index in [4.69, 9.17) is 14.0 Å². The number of hydroxylamine groups is 1. The molecule has 0 bridgehead atoms. The second kappa shape index (κ2) is 6.55. The van der Waals surface area contributed by atoms with Crippen LogP contribution in [0, 0.1) is 0 Å². The maximum absolute atomic E-state index is 13.1. The van der Waals surface area contributed by atoms with Crippen molar-refractivity contribution in [2.24, 2.45) is 0 Å². The van der Waals surface area contributed by atoms with E-state index in [1.54, 1.807) is 30.2 Å². The summed E-state index contributed by atoms with van der Waals surface area (Å²) in [4.78, 5) is 31.4. The molecule has 0 unspecified atom stereocenters. The molecule has 1 aromatic heterocycles. The molecule has 27 heavy (non-hydrogen) atoms. The summed E-state index contributed by atoms with van der Waals surface area (Å²) in [6, 6.07) is 15.9. The molecule has 6 nitrogen and oxygen atoms in total. The summed E-state index contributed by atoms with van der Waals surface area (Å²) in [5.74, 6) is -0.490. The maximum atomic E-state index is 13.1. The third-order valence-electron chi connectivity index (χ3n) is 4.86. The highest BCUT2D eigenvalue weighted by Gasteiger charge is 2.50. The van der Waals surface area contributed by atoms with Crippen molar-refractivity contribution in [1.29, 1.82) is 0 Å². The van der Waals surface area contributed by atoms with Crippen molar-refractivity contribution in [2.75, 3.05) is 12.2 Å². The van der Waals surface area contributed by atoms with E-state index < -0.39 is 17.6 Å². The fourth-order valence-corrected chi connectivity index (χ4v) is 3.47. The number of hydrogen-bond donors (Lipinski definition) is 0. The lowest BCUT2D eigenvalue weighted by Crippen LogP contribution is -2.37. The highest BCUT2D eigenvalue weighted by atomic mass is 16.7. The van der Waals surface area contributed by atoms with Crippen LogP contribution in [0.1, 0.15) is 24.9 Å². The summed E-state index contributed by atoms with van der Waals surface area (Å²) in [6.45, 7) is 1.66. The molecule has 6 heteroatoms. The number of esters is 1. The molecule has 0 radical (unpaired) electrons. The summed E-state index contributed by atoms with van der Waals surface area (Å²) in [6.07, 6.45) is 1.72. The Morgan fingerprint density at radius 3 is 2.59 bits per heavy atom. The molecular formula is C21H19NO5. The Bertz CT molecular complexity index is 1050. The number of rotatable bonds is 3. The molecule has 1 aliphatic heterocycles. The predicted octanol–water partition coefficient (Wildman–Crippen LogP) is 3.61. The van der Waals surface area contributed by atoms with E-state index in [-0.39, 0.29) is 11.8 Å². The van der Waals surface area contributed by atoms with Gasteiger partial charge in [-0.3, -0.25) is 9.63 Å². The minimum absolute atomic E-state index is 0.138. The molecule has 138 valence electrons. The van der Waals surface area contributed by atoms with Crippen molar-refractivity contribution in [2.45, 2.75) is 25.0 Å². The summed E-state index contributed by atoms with van der Waals surface area (Å²) in [7, 11) is 1.32. The molecule has 1 aliphatic rings. The molecule has 2 aromatic carbocycles. The van der Waals surface area contributed by atoms with Crippen molar-refractivity contribution in [3.63, 3.8) is 0 Å². The summed E-state index contributed by atoms with van der Waals surface area (Å²) in [5, 5.41) is 2.09. The summed E-state index contributed by atoms with van der Waals surface area (Å²) in [5.41, 5.74) is 0.355. The monoisotopic (exact) mass is 365 g/mol. The van der Waals surface area contributed by atoms with Gasteiger partial charge in [-0.15, -0.1) is 0 Å². The topological polar surface area (TPSA) is 69.0 Å². The lowest BCUT2D eigenvalue weighted by atomic mass is 9.94. The molecule has 4 rings (SSSR count). The van der Waals surface area contributed by atoms with Crippen molar-refractivity contribution in [3.8, 4) is 0 Å². The number of benzene rings is 2. The zero-order chi connectivity index (χ0) is 19.0. The average Bonchev–Trinajstić information content (AvgIpc) is 3.07. The van der Waals surface area contributed by atoms with Crippen molar-refractivity contribution in [3.05, 3.63) is 76.6 Å². The van der Waals surface area contributed by atoms with Crippen LogP contribution in [-0.4, -0.2) is 18.7 Å². The second-order valence-electron chi connectivity index (χ2n) is 6.71. The number of methoxy groups -OCH3 is 1. The van der Waals surface area contributed by atoms with Crippen LogP contribution in [0.3, 0.4) is 0 Å². The third-order valence-corrected chi connectivity index (χ3v) is 4.86. The van der Waals surface area contributed by atoms with Gasteiger partial charge in [-0.2, -0.15) is 0 Å². The zero-order valence-electron chi connectivity index (χ0n) is 15.0. The van der Waals surface area contributed by atoms with Gasteiger partial charge in [0.2, 0.25) is 0 Å². The first-order chi connectivity index (χ1) is 13.0. The largest absolute Gasteiger partial charge is 0.467 e. The smallest absolute Gasteiger partial charge is 0.340 e. The lowest BCUT2D eigenvalue weighted by molar-refractivity contribution is -0.163. The molecular weight excluding hydrogens is 346 g/mol. The Labute approximate surface area is 155 Å². The van der Waals surface area contributed by atoms with E-state index in [0.29, 0.717) is 16.5 Å². The lowest BCUT2D eigenvalue weighted by Gasteiger charge is -2.25. The van der Waals surface area contributed by atoms with Gasteiger partial charge in [0.25, 0.3) is 0 Å². The quantitative estimate of drug-likeness (QED) is 0.661. The van der Waals surface area contributed by atoms with Crippen LogP contribution < -0.4 is 10.5 Å². The zero-order valence-corrected chi connectivity index (χ0v) is 15.0. The van der Waals surface area contributed by atoms with Gasteiger partial charge in [0.1, 0.15) is 11.8 Å². The van der Waals surface area contributed by atoms with Crippen molar-refractivity contribution < 1.29 is 18.8 Å². The molecule has 0 amide bonds. The van der Waals surface area contributed by atoms with E-state index in [9.17, 15) is 9.59 Å². The van der Waals surface area contributed by atoms with Gasteiger partial charge >= 0.3 is 5.97 Å². The molecule has 2 heterocycles. The van der Waals surface area contributed by atoms with Crippen LogP contribution in [0.25, 0.3) is 11.0 Å². The normalized spacial score (nSPS) is 22.1. The molecule has 0 saturated carbocycles. The number of hydrogen-bond acceptors (Lipinski definition) is 6. The van der Waals surface area contributed by atoms with E-state index in [1.807, 2.05) is 36.4 Å². The van der Waals surface area contributed by atoms with Gasteiger partial charge in [0.05, 0.1) is 29.8 Å². The van der Waals surface area contributed by atoms with Crippen molar-refractivity contribution in [1.82, 2.24) is 0 Å². The van der Waals surface area contributed by atoms with Gasteiger partial charge in [0, 0.05) is 6.42 Å². The van der Waals surface area contributed by atoms with E-state index in [1.165, 1.54) is 13.4 Å². The third kappa shape index (κ3) is 2.88. The van der Waals surface area contributed by atoms with Crippen LogP contribution >= 0.6 is 0 Å². The molecule has 3 aromatic rings. The van der Waals surface area contributed by atoms with E-state index in [2.05, 4.69) is 0 Å². The minimum atomic E-state index is -1.20. The van der Waals surface area contributed by atoms with Gasteiger partial charge < -0.3 is 9.15 Å². The van der Waals surface area contributed by atoms with Crippen LogP contribution in [0.5, 0.6) is 0 Å². The number of carbonyl (C=O) groups excluding carboxylic acids is 1. The SMILES string of the molecule is COC(=O)[C@]1(C)C[C@@H](c2coc3ccccc3c2=O)N(c2ccccc2)O1. The Hall–Kier alpha value is -3.12. The summed E-state index contributed by atoms with van der Waals surface area (Å²) >= 11 is 0. The molecule has 1 saturated heterocycles. The Morgan fingerprint density at radius 2 is 1.85 bits per heavy atom. The molecule has 1 fully saturated rings. The Kier molecular flexibility index (Phi) is 4.20. The van der Waals surface area contributed by atoms with E-state index >= 15 is 0 Å². The number of ether oxygens (including phenoxy) is 1. The number of carbonyl (C=O) groups is 1. The van der Waals surface area contributed by atoms with E-state index in [0.717, 1.165) is 5.69 Å². The van der Waals surface area contributed by atoms with Crippen molar-refractivity contribution >= 4 is 22.6 Å². The first-order valence-corrected chi connectivity index (χ1v) is 8.66. The number of fused-ring (bicyclic) bond motifs is 1.